The first-order valence-electron chi connectivity index (χ1n) is 9.59. The summed E-state index contributed by atoms with van der Waals surface area (Å²) in [5.74, 6) is 0. The van der Waals surface area contributed by atoms with Gasteiger partial charge in [0.1, 0.15) is 0 Å². The van der Waals surface area contributed by atoms with Gasteiger partial charge in [0, 0.05) is 41.1 Å². The van der Waals surface area contributed by atoms with Gasteiger partial charge in [-0.05, 0) is 67.7 Å². The SMILES string of the molecule is Cc1cnc(CCc2ccc(Cl)c3ccccc23)cc1N1CCCCC1. The summed E-state index contributed by atoms with van der Waals surface area (Å²) < 4.78 is 0. The van der Waals surface area contributed by atoms with E-state index in [9.17, 15) is 0 Å². The summed E-state index contributed by atoms with van der Waals surface area (Å²) in [4.78, 5) is 7.22. The van der Waals surface area contributed by atoms with Crippen LogP contribution in [0.15, 0.2) is 48.7 Å². The van der Waals surface area contributed by atoms with Gasteiger partial charge in [0.25, 0.3) is 0 Å². The molecule has 0 spiro atoms. The third-order valence-electron chi connectivity index (χ3n) is 5.44. The van der Waals surface area contributed by atoms with Crippen LogP contribution in [0.3, 0.4) is 0 Å². The lowest BCUT2D eigenvalue weighted by Crippen LogP contribution is -2.30. The molecule has 26 heavy (non-hydrogen) atoms. The molecule has 2 aromatic carbocycles. The molecule has 0 bridgehead atoms. The van der Waals surface area contributed by atoms with E-state index in [0.717, 1.165) is 23.3 Å². The second-order valence-corrected chi connectivity index (χ2v) is 7.67. The number of pyridine rings is 1. The first-order valence-corrected chi connectivity index (χ1v) is 9.97. The van der Waals surface area contributed by atoms with Crippen molar-refractivity contribution in [1.82, 2.24) is 4.98 Å². The fourth-order valence-corrected chi connectivity index (χ4v) is 4.20. The first kappa shape index (κ1) is 17.4. The molecule has 134 valence electrons. The molecule has 1 aliphatic rings. The zero-order chi connectivity index (χ0) is 17.9. The Balaban J connectivity index is 1.56. The quantitative estimate of drug-likeness (QED) is 0.566. The van der Waals surface area contributed by atoms with Gasteiger partial charge in [-0.3, -0.25) is 4.98 Å². The highest BCUT2D eigenvalue weighted by Gasteiger charge is 2.14. The predicted octanol–water partition coefficient (Wildman–Crippen LogP) is 5.97. The molecule has 1 saturated heterocycles. The van der Waals surface area contributed by atoms with Gasteiger partial charge in [0.15, 0.2) is 0 Å². The number of nitrogens with zero attached hydrogens (tertiary/aromatic N) is 2. The van der Waals surface area contributed by atoms with Crippen molar-refractivity contribution >= 4 is 28.1 Å². The van der Waals surface area contributed by atoms with Crippen molar-refractivity contribution in [2.45, 2.75) is 39.0 Å². The van der Waals surface area contributed by atoms with Gasteiger partial charge in [0.05, 0.1) is 0 Å². The van der Waals surface area contributed by atoms with E-state index in [-0.39, 0.29) is 0 Å². The van der Waals surface area contributed by atoms with Crippen molar-refractivity contribution in [3.05, 3.63) is 70.5 Å². The molecule has 0 radical (unpaired) electrons. The number of rotatable bonds is 4. The summed E-state index contributed by atoms with van der Waals surface area (Å²) in [6.07, 6.45) is 7.93. The molecular formula is C23H25ClN2. The minimum absolute atomic E-state index is 0.824. The number of piperidine rings is 1. The topological polar surface area (TPSA) is 16.1 Å². The highest BCUT2D eigenvalue weighted by Crippen LogP contribution is 2.28. The van der Waals surface area contributed by atoms with Gasteiger partial charge in [-0.2, -0.15) is 0 Å². The maximum absolute atomic E-state index is 6.35. The lowest BCUT2D eigenvalue weighted by atomic mass is 9.99. The van der Waals surface area contributed by atoms with Crippen LogP contribution >= 0.6 is 11.6 Å². The van der Waals surface area contributed by atoms with Gasteiger partial charge < -0.3 is 4.90 Å². The van der Waals surface area contributed by atoms with Crippen molar-refractivity contribution in [3.8, 4) is 0 Å². The van der Waals surface area contributed by atoms with E-state index in [4.69, 9.17) is 16.6 Å². The number of halogens is 1. The van der Waals surface area contributed by atoms with Crippen LogP contribution in [-0.2, 0) is 12.8 Å². The van der Waals surface area contributed by atoms with E-state index in [1.165, 1.54) is 60.2 Å². The van der Waals surface area contributed by atoms with Gasteiger partial charge in [-0.15, -0.1) is 0 Å². The lowest BCUT2D eigenvalue weighted by Gasteiger charge is -2.30. The summed E-state index contributed by atoms with van der Waals surface area (Å²) in [7, 11) is 0. The molecule has 0 saturated carbocycles. The van der Waals surface area contributed by atoms with Gasteiger partial charge in [-0.1, -0.05) is 41.9 Å². The second-order valence-electron chi connectivity index (χ2n) is 7.26. The number of benzene rings is 2. The Kier molecular flexibility index (Phi) is 5.12. The van der Waals surface area contributed by atoms with Crippen LogP contribution < -0.4 is 4.90 Å². The van der Waals surface area contributed by atoms with E-state index >= 15 is 0 Å². The maximum atomic E-state index is 6.35. The summed E-state index contributed by atoms with van der Waals surface area (Å²) in [5.41, 5.74) is 5.17. The van der Waals surface area contributed by atoms with Crippen molar-refractivity contribution in [2.75, 3.05) is 18.0 Å². The van der Waals surface area contributed by atoms with Gasteiger partial charge in [0.2, 0.25) is 0 Å². The second kappa shape index (κ2) is 7.67. The standard InChI is InChI=1S/C23H25ClN2/c1-17-16-25-19(15-23(17)26-13-5-2-6-14-26)11-9-18-10-12-22(24)21-8-4-3-7-20(18)21/h3-4,7-8,10,12,15-16H,2,5-6,9,11,13-14H2,1H3. The van der Waals surface area contributed by atoms with Crippen molar-refractivity contribution in [3.63, 3.8) is 0 Å². The number of hydrogen-bond acceptors (Lipinski definition) is 2. The number of anilines is 1. The van der Waals surface area contributed by atoms with E-state index in [1.807, 2.05) is 18.3 Å². The van der Waals surface area contributed by atoms with Gasteiger partial charge >= 0.3 is 0 Å². The summed E-state index contributed by atoms with van der Waals surface area (Å²) >= 11 is 6.35. The molecule has 3 heteroatoms. The Morgan fingerprint density at radius 3 is 2.54 bits per heavy atom. The Labute approximate surface area is 160 Å². The molecule has 1 aliphatic heterocycles. The lowest BCUT2D eigenvalue weighted by molar-refractivity contribution is 0.576. The van der Waals surface area contributed by atoms with E-state index in [0.29, 0.717) is 0 Å². The number of aryl methyl sites for hydroxylation is 3. The number of hydrogen-bond donors (Lipinski definition) is 0. The zero-order valence-electron chi connectivity index (χ0n) is 15.3. The van der Waals surface area contributed by atoms with Crippen molar-refractivity contribution in [2.24, 2.45) is 0 Å². The molecule has 2 nitrogen and oxygen atoms in total. The number of aromatic nitrogens is 1. The van der Waals surface area contributed by atoms with Crippen LogP contribution in [0.2, 0.25) is 5.02 Å². The molecule has 2 heterocycles. The Morgan fingerprint density at radius 2 is 1.73 bits per heavy atom. The van der Waals surface area contributed by atoms with Gasteiger partial charge in [-0.25, -0.2) is 0 Å². The van der Waals surface area contributed by atoms with Crippen LogP contribution in [0.5, 0.6) is 0 Å². The van der Waals surface area contributed by atoms with Crippen LogP contribution in [-0.4, -0.2) is 18.1 Å². The zero-order valence-corrected chi connectivity index (χ0v) is 16.1. The molecule has 0 N–H and O–H groups in total. The fraction of sp³-hybridized carbons (Fsp3) is 0.348. The minimum atomic E-state index is 0.824. The Hall–Kier alpha value is -2.06. The Morgan fingerprint density at radius 1 is 0.962 bits per heavy atom. The summed E-state index contributed by atoms with van der Waals surface area (Å²) in [6.45, 7) is 4.52. The molecule has 1 aromatic heterocycles. The van der Waals surface area contributed by atoms with Crippen LogP contribution in [0.1, 0.15) is 36.1 Å². The molecule has 1 fully saturated rings. The van der Waals surface area contributed by atoms with Crippen LogP contribution in [0.4, 0.5) is 5.69 Å². The molecule has 3 aromatic rings. The molecule has 0 atom stereocenters. The van der Waals surface area contributed by atoms with Crippen molar-refractivity contribution in [1.29, 1.82) is 0 Å². The average molecular weight is 365 g/mol. The predicted molar refractivity (Wildman–Crippen MR) is 111 cm³/mol. The molecule has 0 aliphatic carbocycles. The van der Waals surface area contributed by atoms with Crippen LogP contribution in [0.25, 0.3) is 10.8 Å². The largest absolute Gasteiger partial charge is 0.371 e. The van der Waals surface area contributed by atoms with Crippen molar-refractivity contribution < 1.29 is 0 Å². The highest BCUT2D eigenvalue weighted by molar-refractivity contribution is 6.35. The van der Waals surface area contributed by atoms with E-state index in [2.05, 4.69) is 42.2 Å². The third-order valence-corrected chi connectivity index (χ3v) is 5.77. The fourth-order valence-electron chi connectivity index (χ4n) is 3.97. The smallest absolute Gasteiger partial charge is 0.0484 e. The Bertz CT molecular complexity index is 913. The average Bonchev–Trinajstić information content (AvgIpc) is 2.69. The molecular weight excluding hydrogens is 340 g/mol. The van der Waals surface area contributed by atoms with Crippen LogP contribution in [0, 0.1) is 6.92 Å². The molecule has 4 rings (SSSR count). The van der Waals surface area contributed by atoms with E-state index in [1.54, 1.807) is 0 Å². The third kappa shape index (κ3) is 3.57. The normalized spacial score (nSPS) is 14.8. The molecule has 0 amide bonds. The highest BCUT2D eigenvalue weighted by atomic mass is 35.5. The minimum Gasteiger partial charge on any atom is -0.371 e. The molecule has 0 unspecified atom stereocenters. The van der Waals surface area contributed by atoms with E-state index < -0.39 is 0 Å². The summed E-state index contributed by atoms with van der Waals surface area (Å²) in [6, 6.07) is 14.9. The summed E-state index contributed by atoms with van der Waals surface area (Å²) in [5, 5.41) is 3.21. The monoisotopic (exact) mass is 364 g/mol. The first-order chi connectivity index (χ1) is 12.7. The number of fused-ring (bicyclic) bond motifs is 1. The maximum Gasteiger partial charge on any atom is 0.0484 e.